The first-order valence-electron chi connectivity index (χ1n) is 12.9. The molecule has 6 N–H and O–H groups in total. The summed E-state index contributed by atoms with van der Waals surface area (Å²) in [6, 6.07) is 5.35. The van der Waals surface area contributed by atoms with Crippen molar-refractivity contribution in [2.75, 3.05) is 41.8 Å². The van der Waals surface area contributed by atoms with Gasteiger partial charge in [-0.1, -0.05) is 24.2 Å². The summed E-state index contributed by atoms with van der Waals surface area (Å²) in [7, 11) is 0. The summed E-state index contributed by atoms with van der Waals surface area (Å²) in [4.78, 5) is 37.4. The zero-order valence-corrected chi connectivity index (χ0v) is 23.6. The van der Waals surface area contributed by atoms with Crippen LogP contribution in [0.5, 0.6) is 0 Å². The van der Waals surface area contributed by atoms with E-state index < -0.39 is 5.91 Å². The van der Waals surface area contributed by atoms with Crippen molar-refractivity contribution in [2.24, 2.45) is 11.5 Å². The molecule has 5 heterocycles. The molecule has 4 aromatic rings. The molecule has 4 aromatic heterocycles. The van der Waals surface area contributed by atoms with Crippen molar-refractivity contribution < 1.29 is 9.53 Å². The van der Waals surface area contributed by atoms with Crippen LogP contribution in [-0.4, -0.2) is 54.3 Å². The topological polar surface area (TPSA) is 148 Å². The second kappa shape index (κ2) is 11.2. The number of pyridine rings is 1. The van der Waals surface area contributed by atoms with Crippen molar-refractivity contribution in [3.63, 3.8) is 0 Å². The number of fused-ring (bicyclic) bond motifs is 1. The molecule has 204 valence electrons. The fourth-order valence-electron chi connectivity index (χ4n) is 4.96. The summed E-state index contributed by atoms with van der Waals surface area (Å²) in [5, 5.41) is 10.2. The number of nitrogens with one attached hydrogen (secondary N) is 2. The predicted molar refractivity (Wildman–Crippen MR) is 160 cm³/mol. The van der Waals surface area contributed by atoms with Crippen molar-refractivity contribution in [1.82, 2.24) is 9.97 Å². The lowest BCUT2D eigenvalue weighted by molar-refractivity contribution is 0.100. The van der Waals surface area contributed by atoms with Crippen LogP contribution in [0.4, 0.5) is 21.8 Å². The molecule has 1 aliphatic heterocycles. The number of rotatable bonds is 7. The third kappa shape index (κ3) is 5.50. The van der Waals surface area contributed by atoms with E-state index in [1.54, 1.807) is 35.7 Å². The summed E-state index contributed by atoms with van der Waals surface area (Å²) in [6.45, 7) is 2.85. The fraction of sp³-hybridized carbons (Fsp3) is 0.385. The van der Waals surface area contributed by atoms with Crippen LogP contribution in [0.1, 0.15) is 36.0 Å². The van der Waals surface area contributed by atoms with Gasteiger partial charge in [0.2, 0.25) is 0 Å². The van der Waals surface area contributed by atoms with Crippen molar-refractivity contribution >= 4 is 71.1 Å². The monoisotopic (exact) mass is 583 g/mol. The van der Waals surface area contributed by atoms with E-state index in [-0.39, 0.29) is 23.1 Å². The molecule has 10 nitrogen and oxygen atoms in total. The van der Waals surface area contributed by atoms with E-state index in [2.05, 4.69) is 25.5 Å². The van der Waals surface area contributed by atoms with Crippen LogP contribution >= 0.6 is 34.0 Å². The smallest absolute Gasteiger partial charge is 0.252 e. The molecule has 0 bridgehead atoms. The quantitative estimate of drug-likeness (QED) is 0.251. The SMILES string of the molecule is NC(=O)c1ccc(N[C@H]2CCCC[C@H]2N)nc1Nc1ncc(-c2csc3c(=O)cc(N4CCOCC4)sc23)s1. The number of carbonyl (C=O) groups is 1. The van der Waals surface area contributed by atoms with Crippen LogP contribution in [0.2, 0.25) is 0 Å². The maximum Gasteiger partial charge on any atom is 0.252 e. The lowest BCUT2D eigenvalue weighted by Crippen LogP contribution is -2.42. The standard InChI is InChI=1S/C26H29N7O3S3/c27-16-3-1-2-4-17(16)30-20-6-5-14(24(28)35)25(31-20)32-26-29-12-19(38-26)15-13-37-23-18(34)11-21(39-22(15)23)33-7-9-36-10-8-33/h5-6,11-13,16-17H,1-4,7-10,27H2,(H2,28,35)(H2,29,30,31,32)/t16-,17+/m1/s1. The van der Waals surface area contributed by atoms with Gasteiger partial charge in [0.05, 0.1) is 38.1 Å². The van der Waals surface area contributed by atoms with E-state index in [1.807, 2.05) is 5.38 Å². The van der Waals surface area contributed by atoms with Crippen molar-refractivity contribution in [2.45, 2.75) is 37.8 Å². The molecule has 1 amide bonds. The molecule has 1 aliphatic carbocycles. The lowest BCUT2D eigenvalue weighted by Gasteiger charge is -2.29. The molecule has 2 atom stereocenters. The van der Waals surface area contributed by atoms with E-state index in [4.69, 9.17) is 16.2 Å². The number of nitrogens with zero attached hydrogens (tertiary/aromatic N) is 3. The van der Waals surface area contributed by atoms with E-state index in [1.165, 1.54) is 22.7 Å². The van der Waals surface area contributed by atoms with Crippen LogP contribution in [0.25, 0.3) is 19.8 Å². The molecule has 39 heavy (non-hydrogen) atoms. The van der Waals surface area contributed by atoms with Gasteiger partial charge in [0, 0.05) is 48.4 Å². The predicted octanol–water partition coefficient (Wildman–Crippen LogP) is 4.20. The largest absolute Gasteiger partial charge is 0.378 e. The first-order valence-corrected chi connectivity index (χ1v) is 15.4. The van der Waals surface area contributed by atoms with Gasteiger partial charge in [0.25, 0.3) is 5.91 Å². The van der Waals surface area contributed by atoms with Gasteiger partial charge in [0.15, 0.2) is 10.6 Å². The van der Waals surface area contributed by atoms with Crippen LogP contribution in [0.15, 0.2) is 34.6 Å². The Hall–Kier alpha value is -3.10. The summed E-state index contributed by atoms with van der Waals surface area (Å²) in [5.74, 6) is 0.394. The number of amides is 1. The maximum absolute atomic E-state index is 12.9. The molecular formula is C26H29N7O3S3. The molecule has 2 aliphatic rings. The number of hydrogen-bond acceptors (Lipinski definition) is 12. The molecule has 0 spiro atoms. The minimum Gasteiger partial charge on any atom is -0.378 e. The highest BCUT2D eigenvalue weighted by molar-refractivity contribution is 7.29. The normalized spacial score (nSPS) is 19.8. The molecule has 6 rings (SSSR count). The summed E-state index contributed by atoms with van der Waals surface area (Å²) < 4.78 is 7.17. The molecule has 1 saturated carbocycles. The van der Waals surface area contributed by atoms with Crippen molar-refractivity contribution in [3.8, 4) is 10.4 Å². The van der Waals surface area contributed by atoms with Crippen molar-refractivity contribution in [3.05, 3.63) is 45.6 Å². The Balaban J connectivity index is 1.28. The zero-order valence-electron chi connectivity index (χ0n) is 21.1. The van der Waals surface area contributed by atoms with Gasteiger partial charge in [-0.15, -0.1) is 22.7 Å². The second-order valence-corrected chi connectivity index (χ2v) is 12.6. The number of aromatic nitrogens is 2. The highest BCUT2D eigenvalue weighted by Gasteiger charge is 2.23. The number of nitrogens with two attached hydrogens (primary N) is 2. The zero-order chi connectivity index (χ0) is 26.9. The van der Waals surface area contributed by atoms with Gasteiger partial charge in [-0.3, -0.25) is 9.59 Å². The number of carbonyl (C=O) groups excluding carboxylic acids is 1. The molecule has 0 unspecified atom stereocenters. The first-order chi connectivity index (χ1) is 19.0. The van der Waals surface area contributed by atoms with E-state index in [0.29, 0.717) is 30.0 Å². The Kier molecular flexibility index (Phi) is 7.49. The number of thiazole rings is 1. The fourth-order valence-corrected chi connectivity index (χ4v) is 8.31. The Morgan fingerprint density at radius 3 is 2.74 bits per heavy atom. The maximum atomic E-state index is 12.9. The van der Waals surface area contributed by atoms with Gasteiger partial charge in [-0.05, 0) is 25.0 Å². The highest BCUT2D eigenvalue weighted by atomic mass is 32.1. The number of hydrogen-bond donors (Lipinski definition) is 4. The number of thiophene rings is 1. The Morgan fingerprint density at radius 2 is 1.95 bits per heavy atom. The second-order valence-electron chi connectivity index (χ2n) is 9.67. The van der Waals surface area contributed by atoms with Crippen LogP contribution < -0.4 is 32.4 Å². The minimum absolute atomic E-state index is 0.0293. The molecule has 0 radical (unpaired) electrons. The first kappa shape index (κ1) is 26.1. The molecular weight excluding hydrogens is 555 g/mol. The average Bonchev–Trinajstić information content (AvgIpc) is 3.58. The van der Waals surface area contributed by atoms with Gasteiger partial charge in [-0.2, -0.15) is 0 Å². The number of morpholine rings is 1. The van der Waals surface area contributed by atoms with Gasteiger partial charge >= 0.3 is 0 Å². The van der Waals surface area contributed by atoms with Crippen LogP contribution in [-0.2, 0) is 4.74 Å². The molecule has 2 fully saturated rings. The number of primary amides is 1. The van der Waals surface area contributed by atoms with Crippen LogP contribution in [0, 0.1) is 0 Å². The van der Waals surface area contributed by atoms with Gasteiger partial charge in [0.1, 0.15) is 11.6 Å². The summed E-state index contributed by atoms with van der Waals surface area (Å²) in [5.41, 5.74) is 13.2. The van der Waals surface area contributed by atoms with Crippen LogP contribution in [0.3, 0.4) is 0 Å². The number of ether oxygens (including phenoxy) is 1. The van der Waals surface area contributed by atoms with Gasteiger partial charge in [-0.25, -0.2) is 9.97 Å². The minimum atomic E-state index is -0.577. The average molecular weight is 584 g/mol. The number of anilines is 4. The third-order valence-corrected chi connectivity index (χ3v) is 10.3. The molecule has 13 heteroatoms. The molecule has 1 saturated heterocycles. The lowest BCUT2D eigenvalue weighted by atomic mass is 9.91. The van der Waals surface area contributed by atoms with Crippen molar-refractivity contribution in [1.29, 1.82) is 0 Å². The van der Waals surface area contributed by atoms with E-state index in [9.17, 15) is 9.59 Å². The summed E-state index contributed by atoms with van der Waals surface area (Å²) >= 11 is 4.50. The third-order valence-electron chi connectivity index (χ3n) is 7.06. The Bertz CT molecular complexity index is 1560. The Morgan fingerprint density at radius 1 is 1.13 bits per heavy atom. The Labute approximate surface area is 237 Å². The van der Waals surface area contributed by atoms with E-state index >= 15 is 0 Å². The summed E-state index contributed by atoms with van der Waals surface area (Å²) in [6.07, 6.45) is 5.99. The van der Waals surface area contributed by atoms with E-state index in [0.717, 1.165) is 63.6 Å². The molecule has 0 aromatic carbocycles. The highest BCUT2D eigenvalue weighted by Crippen LogP contribution is 2.41. The van der Waals surface area contributed by atoms with Gasteiger partial charge < -0.3 is 31.7 Å².